The Morgan fingerprint density at radius 3 is 2.55 bits per heavy atom. The van der Waals surface area contributed by atoms with Gasteiger partial charge >= 0.3 is 10.2 Å². The Morgan fingerprint density at radius 1 is 1.23 bits per heavy atom. The first-order valence-corrected chi connectivity index (χ1v) is 8.78. The van der Waals surface area contributed by atoms with Crippen molar-refractivity contribution in [3.8, 4) is 5.75 Å². The Bertz CT molecular complexity index is 668. The van der Waals surface area contributed by atoms with Gasteiger partial charge in [-0.05, 0) is 36.5 Å². The first-order chi connectivity index (χ1) is 10.3. The number of aryl methyl sites for hydroxylation is 1. The van der Waals surface area contributed by atoms with Gasteiger partial charge in [-0.1, -0.05) is 32.8 Å². The lowest BCUT2D eigenvalue weighted by Gasteiger charge is -2.16. The second-order valence-electron chi connectivity index (χ2n) is 5.88. The van der Waals surface area contributed by atoms with Crippen molar-refractivity contribution in [3.63, 3.8) is 0 Å². The summed E-state index contributed by atoms with van der Waals surface area (Å²) < 4.78 is 26.5. The zero-order valence-corrected chi connectivity index (χ0v) is 13.6. The number of nitrogens with zero attached hydrogens (tertiary/aromatic N) is 1. The molecule has 1 aromatic carbocycles. The van der Waals surface area contributed by atoms with Crippen molar-refractivity contribution in [2.75, 3.05) is 4.31 Å². The van der Waals surface area contributed by atoms with E-state index in [4.69, 9.17) is 0 Å². The summed E-state index contributed by atoms with van der Waals surface area (Å²) in [4.78, 5) is 0. The molecular formula is C15H22N2O4S. The number of phenols is 1. The standard InChI is InChI=1S/C15H22N2O4S/c1-11(2)5-3-4-6-12-7-8-14(18)13(9-12)17-10-15(19)16-22(17,20)21/h7-11,16,18-19H,3-6H2,1-2H3. The average Bonchev–Trinajstić information content (AvgIpc) is 2.69. The fraction of sp³-hybridized carbons (Fsp3) is 0.467. The zero-order valence-electron chi connectivity index (χ0n) is 12.8. The molecule has 0 aromatic heterocycles. The fourth-order valence-corrected chi connectivity index (χ4v) is 3.43. The third-order valence-corrected chi connectivity index (χ3v) is 4.79. The van der Waals surface area contributed by atoms with Gasteiger partial charge in [-0.25, -0.2) is 9.03 Å². The third kappa shape index (κ3) is 3.85. The molecular weight excluding hydrogens is 304 g/mol. The molecule has 0 bridgehead atoms. The van der Waals surface area contributed by atoms with E-state index in [0.717, 1.165) is 41.8 Å². The smallest absolute Gasteiger partial charge is 0.330 e. The minimum absolute atomic E-state index is 0.137. The van der Waals surface area contributed by atoms with Crippen molar-refractivity contribution >= 4 is 15.9 Å². The van der Waals surface area contributed by atoms with E-state index in [-0.39, 0.29) is 11.4 Å². The lowest BCUT2D eigenvalue weighted by atomic mass is 10.0. The van der Waals surface area contributed by atoms with Crippen LogP contribution in [0, 0.1) is 5.92 Å². The third-order valence-electron chi connectivity index (χ3n) is 3.51. The summed E-state index contributed by atoms with van der Waals surface area (Å²) in [6.07, 6.45) is 5.13. The van der Waals surface area contributed by atoms with Crippen molar-refractivity contribution in [1.29, 1.82) is 0 Å². The van der Waals surface area contributed by atoms with Gasteiger partial charge in [0.15, 0.2) is 0 Å². The van der Waals surface area contributed by atoms with E-state index in [1.54, 1.807) is 12.1 Å². The first-order valence-electron chi connectivity index (χ1n) is 7.34. The highest BCUT2D eigenvalue weighted by Gasteiger charge is 2.30. The van der Waals surface area contributed by atoms with Crippen LogP contribution < -0.4 is 9.03 Å². The van der Waals surface area contributed by atoms with Gasteiger partial charge in [0.25, 0.3) is 0 Å². The molecule has 1 aliphatic rings. The minimum Gasteiger partial charge on any atom is -0.506 e. The molecule has 0 amide bonds. The van der Waals surface area contributed by atoms with E-state index in [1.165, 1.54) is 6.07 Å². The van der Waals surface area contributed by atoms with E-state index in [0.29, 0.717) is 5.92 Å². The molecule has 0 saturated carbocycles. The molecule has 0 radical (unpaired) electrons. The Labute approximate surface area is 131 Å². The number of unbranched alkanes of at least 4 members (excludes halogenated alkanes) is 1. The van der Waals surface area contributed by atoms with E-state index in [9.17, 15) is 18.6 Å². The molecule has 7 heteroatoms. The maximum Gasteiger partial charge on any atom is 0.330 e. The summed E-state index contributed by atoms with van der Waals surface area (Å²) in [5.74, 6) is 0.0494. The fourth-order valence-electron chi connectivity index (χ4n) is 2.37. The molecule has 0 saturated heterocycles. The van der Waals surface area contributed by atoms with Gasteiger partial charge in [0.2, 0.25) is 5.88 Å². The SMILES string of the molecule is CC(C)CCCCc1ccc(O)c(N2C=C(O)NS2(=O)=O)c1. The summed E-state index contributed by atoms with van der Waals surface area (Å²) in [5, 5.41) is 19.2. The van der Waals surface area contributed by atoms with Crippen molar-refractivity contribution < 1.29 is 18.6 Å². The molecule has 1 heterocycles. The molecule has 1 aliphatic heterocycles. The van der Waals surface area contributed by atoms with Crippen molar-refractivity contribution in [3.05, 3.63) is 35.8 Å². The minimum atomic E-state index is -3.88. The lowest BCUT2D eigenvalue weighted by Crippen LogP contribution is -2.29. The second kappa shape index (κ2) is 6.48. The van der Waals surface area contributed by atoms with Crippen LogP contribution in [0.2, 0.25) is 0 Å². The largest absolute Gasteiger partial charge is 0.506 e. The lowest BCUT2D eigenvalue weighted by molar-refractivity contribution is 0.392. The number of nitrogens with one attached hydrogen (secondary N) is 1. The average molecular weight is 326 g/mol. The summed E-state index contributed by atoms with van der Waals surface area (Å²) in [7, 11) is -3.88. The molecule has 1 aromatic rings. The molecule has 0 aliphatic carbocycles. The molecule has 0 unspecified atom stereocenters. The van der Waals surface area contributed by atoms with Gasteiger partial charge in [-0.15, -0.1) is 0 Å². The van der Waals surface area contributed by atoms with Crippen LogP contribution in [0.3, 0.4) is 0 Å². The maximum absolute atomic E-state index is 11.9. The van der Waals surface area contributed by atoms with E-state index in [1.807, 2.05) is 4.72 Å². The summed E-state index contributed by atoms with van der Waals surface area (Å²) in [5.41, 5.74) is 1.09. The van der Waals surface area contributed by atoms with Crippen LogP contribution in [-0.2, 0) is 16.6 Å². The van der Waals surface area contributed by atoms with Gasteiger partial charge in [-0.2, -0.15) is 8.42 Å². The van der Waals surface area contributed by atoms with Crippen LogP contribution in [0.5, 0.6) is 5.75 Å². The number of rotatable bonds is 6. The summed E-state index contributed by atoms with van der Waals surface area (Å²) >= 11 is 0. The molecule has 2 rings (SSSR count). The Balaban J connectivity index is 2.14. The number of benzene rings is 1. The number of hydrogen-bond donors (Lipinski definition) is 3. The van der Waals surface area contributed by atoms with E-state index < -0.39 is 16.1 Å². The van der Waals surface area contributed by atoms with Crippen LogP contribution in [0.15, 0.2) is 30.3 Å². The number of aliphatic hydroxyl groups is 1. The molecule has 0 atom stereocenters. The van der Waals surface area contributed by atoms with Crippen molar-refractivity contribution in [2.45, 2.75) is 39.5 Å². The molecule has 6 nitrogen and oxygen atoms in total. The molecule has 0 spiro atoms. The summed E-state index contributed by atoms with van der Waals surface area (Å²) in [6, 6.07) is 4.90. The topological polar surface area (TPSA) is 89.9 Å². The van der Waals surface area contributed by atoms with Crippen LogP contribution in [0.1, 0.15) is 38.7 Å². The predicted octanol–water partition coefficient (Wildman–Crippen LogP) is 2.77. The maximum atomic E-state index is 11.9. The Morgan fingerprint density at radius 2 is 1.95 bits per heavy atom. The number of anilines is 1. The normalized spacial score (nSPS) is 16.7. The number of hydrogen-bond acceptors (Lipinski definition) is 4. The van der Waals surface area contributed by atoms with Gasteiger partial charge in [0.05, 0.1) is 6.20 Å². The Hall–Kier alpha value is -1.89. The van der Waals surface area contributed by atoms with Crippen LogP contribution in [-0.4, -0.2) is 18.6 Å². The predicted molar refractivity (Wildman–Crippen MR) is 85.7 cm³/mol. The van der Waals surface area contributed by atoms with Gasteiger partial charge in [-0.3, -0.25) is 0 Å². The highest BCUT2D eigenvalue weighted by Crippen LogP contribution is 2.33. The Kier molecular flexibility index (Phi) is 4.85. The highest BCUT2D eigenvalue weighted by atomic mass is 32.2. The van der Waals surface area contributed by atoms with Crippen LogP contribution >= 0.6 is 0 Å². The monoisotopic (exact) mass is 326 g/mol. The zero-order chi connectivity index (χ0) is 16.3. The summed E-state index contributed by atoms with van der Waals surface area (Å²) in [6.45, 7) is 4.37. The molecule has 3 N–H and O–H groups in total. The van der Waals surface area contributed by atoms with E-state index >= 15 is 0 Å². The highest BCUT2D eigenvalue weighted by molar-refractivity contribution is 7.91. The quantitative estimate of drug-likeness (QED) is 0.701. The van der Waals surface area contributed by atoms with E-state index in [2.05, 4.69) is 13.8 Å². The number of aliphatic hydroxyl groups excluding tert-OH is 1. The molecule has 0 fully saturated rings. The van der Waals surface area contributed by atoms with Crippen LogP contribution in [0.4, 0.5) is 5.69 Å². The molecule has 122 valence electrons. The molecule has 22 heavy (non-hydrogen) atoms. The van der Waals surface area contributed by atoms with Crippen molar-refractivity contribution in [2.24, 2.45) is 5.92 Å². The van der Waals surface area contributed by atoms with Gasteiger partial charge in [0, 0.05) is 0 Å². The second-order valence-corrected chi connectivity index (χ2v) is 7.43. The number of phenolic OH excluding ortho intramolecular Hbond substituents is 1. The number of aromatic hydroxyl groups is 1. The van der Waals surface area contributed by atoms with Crippen LogP contribution in [0.25, 0.3) is 0 Å². The van der Waals surface area contributed by atoms with Gasteiger partial charge < -0.3 is 10.2 Å². The van der Waals surface area contributed by atoms with Crippen molar-refractivity contribution in [1.82, 2.24) is 4.72 Å². The first kappa shape index (κ1) is 16.5. The van der Waals surface area contributed by atoms with Gasteiger partial charge in [0.1, 0.15) is 11.4 Å².